The maximum Gasteiger partial charge on any atom is 0.305 e. The van der Waals surface area contributed by atoms with Gasteiger partial charge in [-0.15, -0.1) is 0 Å². The van der Waals surface area contributed by atoms with Crippen LogP contribution in [0.3, 0.4) is 0 Å². The number of carbonyl (C=O) groups is 2. The molecule has 136 valence electrons. The Bertz CT molecular complexity index is 785. The van der Waals surface area contributed by atoms with Crippen molar-refractivity contribution in [2.24, 2.45) is 0 Å². The molecule has 2 aromatic rings. The second-order valence-corrected chi connectivity index (χ2v) is 6.15. The third-order valence-electron chi connectivity index (χ3n) is 3.90. The topological polar surface area (TPSA) is 110 Å². The van der Waals surface area contributed by atoms with Gasteiger partial charge in [0, 0.05) is 18.2 Å². The first kappa shape index (κ1) is 19.1. The van der Waals surface area contributed by atoms with E-state index in [0.717, 1.165) is 16.7 Å². The molecule has 1 unspecified atom stereocenters. The molecule has 1 atom stereocenters. The number of nitrogens with one attached hydrogen (secondary N) is 1. The normalized spacial score (nSPS) is 11.6. The van der Waals surface area contributed by atoms with E-state index in [2.05, 4.69) is 5.32 Å². The molecule has 0 aliphatic carbocycles. The lowest BCUT2D eigenvalue weighted by Crippen LogP contribution is -2.38. The molecule has 0 saturated carbocycles. The first-order chi connectivity index (χ1) is 12.3. The summed E-state index contributed by atoms with van der Waals surface area (Å²) in [6.07, 6.45) is 0.219. The summed E-state index contributed by atoms with van der Waals surface area (Å²) in [5.74, 6) is -1.28. The molecule has 2 N–H and O–H groups in total. The van der Waals surface area contributed by atoms with Gasteiger partial charge in [-0.25, -0.2) is 0 Å². The van der Waals surface area contributed by atoms with Gasteiger partial charge in [0.25, 0.3) is 5.69 Å². The Labute approximate surface area is 150 Å². The second kappa shape index (κ2) is 8.75. The number of nitro benzene ring substituents is 1. The molecule has 0 bridgehead atoms. The molecule has 0 aromatic heterocycles. The molecule has 0 radical (unpaired) electrons. The number of benzene rings is 2. The first-order valence-electron chi connectivity index (χ1n) is 8.13. The minimum atomic E-state index is -1.02. The van der Waals surface area contributed by atoms with Gasteiger partial charge in [0.2, 0.25) is 5.91 Å². The van der Waals surface area contributed by atoms with Crippen LogP contribution in [-0.4, -0.2) is 27.9 Å². The number of carboxylic acid groups (broad SMARTS) is 1. The van der Waals surface area contributed by atoms with Gasteiger partial charge >= 0.3 is 5.97 Å². The summed E-state index contributed by atoms with van der Waals surface area (Å²) >= 11 is 0. The zero-order valence-corrected chi connectivity index (χ0v) is 14.3. The lowest BCUT2D eigenvalue weighted by atomic mass is 10.0. The highest BCUT2D eigenvalue weighted by atomic mass is 16.6. The van der Waals surface area contributed by atoms with Crippen molar-refractivity contribution in [3.63, 3.8) is 0 Å². The van der Waals surface area contributed by atoms with E-state index < -0.39 is 16.9 Å². The Kier molecular flexibility index (Phi) is 6.43. The highest BCUT2D eigenvalue weighted by molar-refractivity contribution is 5.79. The fraction of sp³-hybridized carbons (Fsp3) is 0.263. The molecule has 0 fully saturated rings. The Morgan fingerprint density at radius 1 is 1.08 bits per heavy atom. The molecule has 0 saturated heterocycles. The van der Waals surface area contributed by atoms with Gasteiger partial charge in [-0.2, -0.15) is 0 Å². The van der Waals surface area contributed by atoms with Gasteiger partial charge in [-0.05, 0) is 24.5 Å². The van der Waals surface area contributed by atoms with Crippen LogP contribution in [0, 0.1) is 17.0 Å². The Balaban J connectivity index is 2.01. The lowest BCUT2D eigenvalue weighted by Gasteiger charge is -2.17. The number of nitro groups is 1. The van der Waals surface area contributed by atoms with E-state index in [1.54, 1.807) is 12.1 Å². The van der Waals surface area contributed by atoms with Crippen LogP contribution in [-0.2, 0) is 22.4 Å². The predicted octanol–water partition coefficient (Wildman–Crippen LogP) is 2.65. The number of non-ortho nitro benzene ring substituents is 1. The molecule has 2 rings (SSSR count). The zero-order chi connectivity index (χ0) is 19.1. The van der Waals surface area contributed by atoms with Crippen molar-refractivity contribution in [1.29, 1.82) is 0 Å². The fourth-order valence-electron chi connectivity index (χ4n) is 2.59. The predicted molar refractivity (Wildman–Crippen MR) is 95.9 cm³/mol. The molecule has 0 spiro atoms. The van der Waals surface area contributed by atoms with Crippen molar-refractivity contribution >= 4 is 17.6 Å². The monoisotopic (exact) mass is 356 g/mol. The first-order valence-corrected chi connectivity index (χ1v) is 8.13. The number of carboxylic acids is 1. The number of nitrogens with zero attached hydrogens (tertiary/aromatic N) is 1. The number of hydrogen-bond donors (Lipinski definition) is 2. The smallest absolute Gasteiger partial charge is 0.305 e. The van der Waals surface area contributed by atoms with Gasteiger partial charge in [-0.1, -0.05) is 42.0 Å². The minimum Gasteiger partial charge on any atom is -0.481 e. The van der Waals surface area contributed by atoms with Gasteiger partial charge in [0.05, 0.1) is 17.8 Å². The SMILES string of the molecule is Cc1ccc(CC(=O)NC(CC(=O)O)Cc2ccc([N+](=O)[O-])cc2)cc1. The molecule has 2 aromatic carbocycles. The summed E-state index contributed by atoms with van der Waals surface area (Å²) in [6, 6.07) is 12.8. The Morgan fingerprint density at radius 2 is 1.65 bits per heavy atom. The van der Waals surface area contributed by atoms with Gasteiger partial charge < -0.3 is 10.4 Å². The summed E-state index contributed by atoms with van der Waals surface area (Å²) in [6.45, 7) is 1.96. The van der Waals surface area contributed by atoms with E-state index in [-0.39, 0.29) is 30.9 Å². The summed E-state index contributed by atoms with van der Waals surface area (Å²) in [5, 5.41) is 22.5. The zero-order valence-electron chi connectivity index (χ0n) is 14.3. The number of amides is 1. The summed E-state index contributed by atoms with van der Waals surface area (Å²) in [7, 11) is 0. The fourth-order valence-corrected chi connectivity index (χ4v) is 2.59. The van der Waals surface area contributed by atoms with Crippen LogP contribution < -0.4 is 5.32 Å². The van der Waals surface area contributed by atoms with Crippen LogP contribution in [0.4, 0.5) is 5.69 Å². The minimum absolute atomic E-state index is 0.0352. The Morgan fingerprint density at radius 3 is 2.19 bits per heavy atom. The third kappa shape index (κ3) is 6.01. The number of carbonyl (C=O) groups excluding carboxylic acids is 1. The van der Waals surface area contributed by atoms with E-state index in [4.69, 9.17) is 5.11 Å². The molecule has 0 aliphatic rings. The van der Waals surface area contributed by atoms with Gasteiger partial charge in [0.1, 0.15) is 0 Å². The standard InChI is InChI=1S/C19H20N2O5/c1-13-2-4-15(5-3-13)11-18(22)20-16(12-19(23)24)10-14-6-8-17(9-7-14)21(25)26/h2-9,16H,10-12H2,1H3,(H,20,22)(H,23,24). The largest absolute Gasteiger partial charge is 0.481 e. The average molecular weight is 356 g/mol. The van der Waals surface area contributed by atoms with Crippen molar-refractivity contribution in [2.75, 3.05) is 0 Å². The molecule has 26 heavy (non-hydrogen) atoms. The van der Waals surface area contributed by atoms with Crippen LogP contribution in [0.2, 0.25) is 0 Å². The van der Waals surface area contributed by atoms with Crippen molar-refractivity contribution in [2.45, 2.75) is 32.2 Å². The molecule has 1 amide bonds. The maximum atomic E-state index is 12.2. The third-order valence-corrected chi connectivity index (χ3v) is 3.90. The Hall–Kier alpha value is -3.22. The van der Waals surface area contributed by atoms with Crippen LogP contribution in [0.15, 0.2) is 48.5 Å². The molecule has 0 heterocycles. The second-order valence-electron chi connectivity index (χ2n) is 6.15. The number of hydrogen-bond acceptors (Lipinski definition) is 4. The van der Waals surface area contributed by atoms with Gasteiger partial charge in [0.15, 0.2) is 0 Å². The van der Waals surface area contributed by atoms with E-state index in [1.807, 2.05) is 31.2 Å². The number of aryl methyl sites for hydroxylation is 1. The van der Waals surface area contributed by atoms with Crippen LogP contribution >= 0.6 is 0 Å². The van der Waals surface area contributed by atoms with Crippen LogP contribution in [0.5, 0.6) is 0 Å². The lowest BCUT2D eigenvalue weighted by molar-refractivity contribution is -0.384. The molecular formula is C19H20N2O5. The van der Waals surface area contributed by atoms with E-state index in [0.29, 0.717) is 0 Å². The van der Waals surface area contributed by atoms with Crippen LogP contribution in [0.25, 0.3) is 0 Å². The van der Waals surface area contributed by atoms with Crippen molar-refractivity contribution in [1.82, 2.24) is 5.32 Å². The van der Waals surface area contributed by atoms with E-state index in [9.17, 15) is 19.7 Å². The number of aliphatic carboxylic acids is 1. The van der Waals surface area contributed by atoms with Crippen LogP contribution in [0.1, 0.15) is 23.1 Å². The quantitative estimate of drug-likeness (QED) is 0.558. The van der Waals surface area contributed by atoms with Gasteiger partial charge in [-0.3, -0.25) is 19.7 Å². The van der Waals surface area contributed by atoms with Crippen molar-refractivity contribution in [3.8, 4) is 0 Å². The van der Waals surface area contributed by atoms with E-state index in [1.165, 1.54) is 12.1 Å². The summed E-state index contributed by atoms with van der Waals surface area (Å²) in [5.41, 5.74) is 2.62. The average Bonchev–Trinajstić information content (AvgIpc) is 2.56. The van der Waals surface area contributed by atoms with Crippen molar-refractivity contribution < 1.29 is 19.6 Å². The van der Waals surface area contributed by atoms with E-state index >= 15 is 0 Å². The molecular weight excluding hydrogens is 336 g/mol. The molecule has 0 aliphatic heterocycles. The maximum absolute atomic E-state index is 12.2. The molecule has 7 nitrogen and oxygen atoms in total. The number of rotatable bonds is 8. The highest BCUT2D eigenvalue weighted by Gasteiger charge is 2.17. The highest BCUT2D eigenvalue weighted by Crippen LogP contribution is 2.14. The summed E-state index contributed by atoms with van der Waals surface area (Å²) < 4.78 is 0. The molecule has 7 heteroatoms. The summed E-state index contributed by atoms with van der Waals surface area (Å²) in [4.78, 5) is 33.5. The van der Waals surface area contributed by atoms with Crippen molar-refractivity contribution in [3.05, 3.63) is 75.3 Å².